The predicted molar refractivity (Wildman–Crippen MR) is 30.0 cm³/mol. The van der Waals surface area contributed by atoms with Crippen LogP contribution in [0.5, 0.6) is 0 Å². The lowest BCUT2D eigenvalue weighted by atomic mass is 10.3. The van der Waals surface area contributed by atoms with Gasteiger partial charge < -0.3 is 0 Å². The van der Waals surface area contributed by atoms with Gasteiger partial charge in [0.15, 0.2) is 0 Å². The molecular formula is C6H4N2. The minimum absolute atomic E-state index is 0.0764. The van der Waals surface area contributed by atoms with Crippen LogP contribution in [0.25, 0.3) is 0 Å². The molecule has 38 valence electrons. The monoisotopic (exact) mass is 104 g/mol. The number of hydrogen-bond donors (Lipinski definition) is 0. The largest absolute Gasteiger partial charge is 0.148 e. The normalized spacial score (nSPS) is 9.00. The molecule has 0 bridgehead atoms. The van der Waals surface area contributed by atoms with Gasteiger partial charge in [-0.2, -0.15) is 0 Å². The molecule has 8 heavy (non-hydrogen) atoms. The van der Waals surface area contributed by atoms with Crippen LogP contribution in [0.3, 0.4) is 0 Å². The first-order valence-electron chi connectivity index (χ1n) is 2.27. The summed E-state index contributed by atoms with van der Waals surface area (Å²) in [6.45, 7) is 0. The fourth-order valence-corrected chi connectivity index (χ4v) is 0.464. The zero-order valence-corrected chi connectivity index (χ0v) is 4.20. The first-order valence-corrected chi connectivity index (χ1v) is 2.27. The Morgan fingerprint density at radius 3 is 1.50 bits per heavy atom. The van der Waals surface area contributed by atoms with Crippen LogP contribution in [0.4, 0.5) is 11.4 Å². The van der Waals surface area contributed by atoms with Gasteiger partial charge in [-0.05, 0) is 12.1 Å². The molecule has 0 heterocycles. The van der Waals surface area contributed by atoms with E-state index < -0.39 is 0 Å². The minimum atomic E-state index is -0.0764. The van der Waals surface area contributed by atoms with Gasteiger partial charge in [0, 0.05) is 0 Å². The molecule has 2 heteroatoms. The molecule has 0 saturated heterocycles. The Hall–Kier alpha value is -1.18. The third-order valence-electron chi connectivity index (χ3n) is 0.882. The third-order valence-corrected chi connectivity index (χ3v) is 0.882. The Morgan fingerprint density at radius 1 is 0.875 bits per heavy atom. The summed E-state index contributed by atoms with van der Waals surface area (Å²) in [5.74, 6) is 0. The maximum atomic E-state index is 8.67. The first kappa shape index (κ1) is 4.97. The lowest BCUT2D eigenvalue weighted by molar-refractivity contribution is 1.40. The number of benzene rings is 1. The molecule has 1 aromatic rings. The fraction of sp³-hybridized carbons (Fsp3) is 0. The molecule has 0 saturated carbocycles. The Kier molecular flexibility index (Phi) is 1.08. The molecule has 0 unspecified atom stereocenters. The van der Waals surface area contributed by atoms with Crippen LogP contribution in [0.2, 0.25) is 0 Å². The second-order valence-electron chi connectivity index (χ2n) is 1.49. The van der Waals surface area contributed by atoms with E-state index in [9.17, 15) is 0 Å². The second-order valence-corrected chi connectivity index (χ2v) is 1.49. The van der Waals surface area contributed by atoms with E-state index in [0.717, 1.165) is 0 Å². The summed E-state index contributed by atoms with van der Waals surface area (Å²) in [5, 5.41) is 0. The Balaban J connectivity index is 3.13. The summed E-state index contributed by atoms with van der Waals surface area (Å²) in [6, 6.07) is 6.15. The minimum Gasteiger partial charge on any atom is -0.148 e. The molecule has 0 atom stereocenters. The quantitative estimate of drug-likeness (QED) is 0.473. The molecule has 1 aromatic carbocycles. The Bertz CT molecular complexity index is 163. The lowest BCUT2D eigenvalue weighted by Crippen LogP contribution is -1.71. The Morgan fingerprint density at radius 2 is 1.25 bits per heavy atom. The molecule has 0 aromatic heterocycles. The van der Waals surface area contributed by atoms with E-state index in [2.05, 4.69) is 0 Å². The van der Waals surface area contributed by atoms with Crippen LogP contribution >= 0.6 is 0 Å². The van der Waals surface area contributed by atoms with Gasteiger partial charge in [0.2, 0.25) is 0 Å². The highest BCUT2D eigenvalue weighted by Crippen LogP contribution is 2.14. The van der Waals surface area contributed by atoms with Crippen LogP contribution in [-0.4, -0.2) is 0 Å². The van der Waals surface area contributed by atoms with E-state index in [4.69, 9.17) is 11.5 Å². The van der Waals surface area contributed by atoms with Gasteiger partial charge in [-0.15, -0.1) is 11.5 Å². The summed E-state index contributed by atoms with van der Waals surface area (Å²) in [6.07, 6.45) is 0. The molecule has 0 fully saturated rings. The van der Waals surface area contributed by atoms with Gasteiger partial charge in [0.25, 0.3) is 0 Å². The topological polar surface area (TPSA) is 44.6 Å². The van der Waals surface area contributed by atoms with Crippen molar-refractivity contribution in [3.8, 4) is 0 Å². The zero-order chi connectivity index (χ0) is 5.98. The van der Waals surface area contributed by atoms with Crippen molar-refractivity contribution in [1.82, 2.24) is 11.5 Å². The van der Waals surface area contributed by atoms with Crippen molar-refractivity contribution < 1.29 is 0 Å². The van der Waals surface area contributed by atoms with Gasteiger partial charge in [-0.3, -0.25) is 0 Å². The number of hydrogen-bond acceptors (Lipinski definition) is 0. The molecular weight excluding hydrogens is 100 g/mol. The van der Waals surface area contributed by atoms with Crippen molar-refractivity contribution in [1.29, 1.82) is 0 Å². The van der Waals surface area contributed by atoms with E-state index in [1.165, 1.54) is 12.1 Å². The maximum Gasteiger partial charge on any atom is 0.113 e. The van der Waals surface area contributed by atoms with Gasteiger partial charge in [0.05, 0.1) is 0 Å². The van der Waals surface area contributed by atoms with Crippen molar-refractivity contribution in [3.05, 3.63) is 24.3 Å². The van der Waals surface area contributed by atoms with Gasteiger partial charge in [-0.25, -0.2) is 0 Å². The van der Waals surface area contributed by atoms with Crippen molar-refractivity contribution in [2.24, 2.45) is 0 Å². The molecule has 1 rings (SSSR count). The average Bonchev–Trinajstić information content (AvgIpc) is 1.77. The van der Waals surface area contributed by atoms with Crippen molar-refractivity contribution in [2.75, 3.05) is 0 Å². The average molecular weight is 104 g/mol. The van der Waals surface area contributed by atoms with Crippen LogP contribution in [-0.2, 0) is 0 Å². The van der Waals surface area contributed by atoms with Gasteiger partial charge in [0.1, 0.15) is 11.4 Å². The van der Waals surface area contributed by atoms with Crippen molar-refractivity contribution in [2.45, 2.75) is 0 Å². The third kappa shape index (κ3) is 0.729. The highest BCUT2D eigenvalue weighted by molar-refractivity contribution is 5.56. The summed E-state index contributed by atoms with van der Waals surface area (Å²) in [4.78, 5) is 0. The zero-order valence-electron chi connectivity index (χ0n) is 4.20. The number of rotatable bonds is 0. The van der Waals surface area contributed by atoms with E-state index >= 15 is 0 Å². The maximum absolute atomic E-state index is 8.67. The second kappa shape index (κ2) is 1.74. The molecule has 0 aliphatic carbocycles. The van der Waals surface area contributed by atoms with E-state index in [-0.39, 0.29) is 11.4 Å². The molecule has 0 aliphatic heterocycles. The summed E-state index contributed by atoms with van der Waals surface area (Å²) in [5.41, 5.74) is 17.2. The number of nitrogens with zero attached hydrogens (tertiary/aromatic N) is 2. The van der Waals surface area contributed by atoms with Crippen LogP contribution in [0.1, 0.15) is 0 Å². The molecule has 0 aliphatic rings. The van der Waals surface area contributed by atoms with Crippen LogP contribution in [0, 0.1) is 0 Å². The Labute approximate surface area is 48.1 Å². The molecule has 2 nitrogen and oxygen atoms in total. The SMILES string of the molecule is [N]c1ccccc1[N]. The van der Waals surface area contributed by atoms with Crippen LogP contribution in [0.15, 0.2) is 24.3 Å². The van der Waals surface area contributed by atoms with E-state index in [1.807, 2.05) is 0 Å². The van der Waals surface area contributed by atoms with Gasteiger partial charge >= 0.3 is 0 Å². The highest BCUT2D eigenvalue weighted by atomic mass is 14.7. The van der Waals surface area contributed by atoms with Crippen molar-refractivity contribution in [3.63, 3.8) is 0 Å². The molecule has 0 N–H and O–H groups in total. The molecule has 0 amide bonds. The van der Waals surface area contributed by atoms with E-state index in [1.54, 1.807) is 12.1 Å². The molecule has 0 spiro atoms. The fourth-order valence-electron chi connectivity index (χ4n) is 0.464. The van der Waals surface area contributed by atoms with Gasteiger partial charge in [-0.1, -0.05) is 12.1 Å². The standard InChI is InChI=1S/C6H4N2/c7-5-3-1-2-4-6(5)8/h1-4H. The summed E-state index contributed by atoms with van der Waals surface area (Å²) in [7, 11) is 0. The first-order chi connectivity index (χ1) is 3.80. The van der Waals surface area contributed by atoms with E-state index in [0.29, 0.717) is 0 Å². The summed E-state index contributed by atoms with van der Waals surface area (Å²) < 4.78 is 0. The highest BCUT2D eigenvalue weighted by Gasteiger charge is 1.91. The predicted octanol–water partition coefficient (Wildman–Crippen LogP) is 1.09. The summed E-state index contributed by atoms with van der Waals surface area (Å²) >= 11 is 0. The smallest absolute Gasteiger partial charge is 0.113 e. The van der Waals surface area contributed by atoms with Crippen LogP contribution < -0.4 is 11.5 Å². The molecule has 4 radical (unpaired) electrons. The van der Waals surface area contributed by atoms with Crippen molar-refractivity contribution >= 4 is 11.4 Å². The lowest BCUT2D eigenvalue weighted by Gasteiger charge is -1.86.